The maximum absolute atomic E-state index is 12.7. The Morgan fingerprint density at radius 2 is 2.05 bits per heavy atom. The lowest BCUT2D eigenvalue weighted by molar-refractivity contribution is -0.136. The SMILES string of the molecule is COCC1(C)CCN(C(=O)c2c(C)coc2CC(=O)O)CC1. The van der Waals surface area contributed by atoms with Gasteiger partial charge in [0.05, 0.1) is 18.4 Å². The van der Waals surface area contributed by atoms with E-state index in [9.17, 15) is 9.59 Å². The Kier molecular flexibility index (Phi) is 4.90. The summed E-state index contributed by atoms with van der Waals surface area (Å²) in [6.07, 6.45) is 2.92. The zero-order chi connectivity index (χ0) is 16.3. The molecule has 0 radical (unpaired) electrons. The van der Waals surface area contributed by atoms with Gasteiger partial charge in [-0.1, -0.05) is 6.92 Å². The third kappa shape index (κ3) is 3.50. The Balaban J connectivity index is 2.10. The number of furan rings is 1. The number of carboxylic acids is 1. The van der Waals surface area contributed by atoms with Crippen molar-refractivity contribution in [3.63, 3.8) is 0 Å². The van der Waals surface area contributed by atoms with Crippen molar-refractivity contribution < 1.29 is 23.8 Å². The molecule has 1 aromatic heterocycles. The van der Waals surface area contributed by atoms with E-state index in [1.165, 1.54) is 6.26 Å². The molecule has 0 bridgehead atoms. The second kappa shape index (κ2) is 6.52. The van der Waals surface area contributed by atoms with Crippen LogP contribution in [0.25, 0.3) is 0 Å². The zero-order valence-corrected chi connectivity index (χ0v) is 13.3. The summed E-state index contributed by atoms with van der Waals surface area (Å²) in [5.74, 6) is -0.906. The molecule has 1 amide bonds. The van der Waals surface area contributed by atoms with E-state index in [1.807, 2.05) is 0 Å². The molecule has 1 aliphatic heterocycles. The van der Waals surface area contributed by atoms with Crippen molar-refractivity contribution in [1.29, 1.82) is 0 Å². The van der Waals surface area contributed by atoms with Gasteiger partial charge in [0.1, 0.15) is 12.2 Å². The lowest BCUT2D eigenvalue weighted by atomic mass is 9.81. The first kappa shape index (κ1) is 16.5. The Bertz CT molecular complexity index is 555. The normalized spacial score (nSPS) is 17.5. The summed E-state index contributed by atoms with van der Waals surface area (Å²) in [5.41, 5.74) is 1.19. The van der Waals surface area contributed by atoms with Crippen LogP contribution in [0.5, 0.6) is 0 Å². The van der Waals surface area contributed by atoms with Gasteiger partial charge in [0.25, 0.3) is 5.91 Å². The quantitative estimate of drug-likeness (QED) is 0.901. The van der Waals surface area contributed by atoms with Gasteiger partial charge >= 0.3 is 5.97 Å². The number of ether oxygens (including phenoxy) is 1. The van der Waals surface area contributed by atoms with Crippen LogP contribution in [0.1, 0.15) is 41.4 Å². The van der Waals surface area contributed by atoms with E-state index < -0.39 is 5.97 Å². The first-order valence-corrected chi connectivity index (χ1v) is 7.43. The number of carboxylic acid groups (broad SMARTS) is 1. The van der Waals surface area contributed by atoms with E-state index in [0.717, 1.165) is 12.8 Å². The van der Waals surface area contributed by atoms with Crippen molar-refractivity contribution in [3.8, 4) is 0 Å². The lowest BCUT2D eigenvalue weighted by Crippen LogP contribution is -2.44. The highest BCUT2D eigenvalue weighted by molar-refractivity contribution is 5.97. The second-order valence-corrected chi connectivity index (χ2v) is 6.32. The average molecular weight is 309 g/mol. The number of amides is 1. The Labute approximate surface area is 130 Å². The van der Waals surface area contributed by atoms with Crippen molar-refractivity contribution in [2.45, 2.75) is 33.1 Å². The fourth-order valence-corrected chi connectivity index (χ4v) is 2.95. The molecule has 1 aromatic rings. The van der Waals surface area contributed by atoms with Gasteiger partial charge in [0.2, 0.25) is 0 Å². The number of nitrogens with zero attached hydrogens (tertiary/aromatic N) is 1. The predicted octanol–water partition coefficient (Wildman–Crippen LogP) is 2.10. The zero-order valence-electron chi connectivity index (χ0n) is 13.3. The van der Waals surface area contributed by atoms with Crippen molar-refractivity contribution in [2.75, 3.05) is 26.8 Å². The fourth-order valence-electron chi connectivity index (χ4n) is 2.95. The van der Waals surface area contributed by atoms with Gasteiger partial charge < -0.3 is 19.2 Å². The molecule has 122 valence electrons. The number of piperidine rings is 1. The molecule has 0 spiro atoms. The van der Waals surface area contributed by atoms with Crippen LogP contribution < -0.4 is 0 Å². The smallest absolute Gasteiger partial charge is 0.311 e. The van der Waals surface area contributed by atoms with Gasteiger partial charge in [-0.25, -0.2) is 0 Å². The Hall–Kier alpha value is -1.82. The van der Waals surface area contributed by atoms with E-state index in [0.29, 0.717) is 30.8 Å². The first-order valence-electron chi connectivity index (χ1n) is 7.43. The van der Waals surface area contributed by atoms with Crippen molar-refractivity contribution in [3.05, 3.63) is 23.2 Å². The molecule has 0 saturated carbocycles. The van der Waals surface area contributed by atoms with Crippen molar-refractivity contribution in [1.82, 2.24) is 4.90 Å². The summed E-state index contributed by atoms with van der Waals surface area (Å²) < 4.78 is 10.5. The number of carbonyl (C=O) groups is 2. The van der Waals surface area contributed by atoms with Crippen LogP contribution in [0.4, 0.5) is 0 Å². The molecule has 2 rings (SSSR count). The van der Waals surface area contributed by atoms with E-state index in [2.05, 4.69) is 6.92 Å². The summed E-state index contributed by atoms with van der Waals surface area (Å²) in [7, 11) is 1.69. The molecule has 0 unspecified atom stereocenters. The Morgan fingerprint density at radius 3 is 2.59 bits per heavy atom. The van der Waals surface area contributed by atoms with E-state index >= 15 is 0 Å². The maximum atomic E-state index is 12.7. The number of likely N-dealkylation sites (tertiary alicyclic amines) is 1. The molecule has 1 N–H and O–H groups in total. The van der Waals surface area contributed by atoms with Crippen LogP contribution in [0.2, 0.25) is 0 Å². The molecule has 0 atom stereocenters. The fraction of sp³-hybridized carbons (Fsp3) is 0.625. The molecule has 6 nitrogen and oxygen atoms in total. The third-order valence-electron chi connectivity index (χ3n) is 4.33. The molecule has 1 saturated heterocycles. The van der Waals surface area contributed by atoms with Crippen LogP contribution in [0.3, 0.4) is 0 Å². The lowest BCUT2D eigenvalue weighted by Gasteiger charge is -2.39. The van der Waals surface area contributed by atoms with Crippen molar-refractivity contribution in [2.24, 2.45) is 5.41 Å². The molecule has 0 aliphatic carbocycles. The van der Waals surface area contributed by atoms with Crippen LogP contribution in [0, 0.1) is 12.3 Å². The first-order chi connectivity index (χ1) is 10.4. The standard InChI is InChI=1S/C16H23NO5/c1-11-9-22-12(8-13(18)19)14(11)15(20)17-6-4-16(2,5-7-17)10-21-3/h9H,4-8,10H2,1-3H3,(H,18,19). The largest absolute Gasteiger partial charge is 0.481 e. The molecule has 1 aliphatic rings. The van der Waals surface area contributed by atoms with E-state index in [4.69, 9.17) is 14.3 Å². The monoisotopic (exact) mass is 309 g/mol. The number of carbonyl (C=O) groups excluding carboxylic acids is 1. The number of methoxy groups -OCH3 is 1. The molecular weight excluding hydrogens is 286 g/mol. The van der Waals surface area contributed by atoms with Crippen LogP contribution in [0.15, 0.2) is 10.7 Å². The van der Waals surface area contributed by atoms with Gasteiger partial charge in [-0.15, -0.1) is 0 Å². The number of aliphatic carboxylic acids is 1. The number of hydrogen-bond donors (Lipinski definition) is 1. The van der Waals surface area contributed by atoms with Crippen LogP contribution >= 0.6 is 0 Å². The van der Waals surface area contributed by atoms with Gasteiger partial charge in [-0.3, -0.25) is 9.59 Å². The van der Waals surface area contributed by atoms with Crippen LogP contribution in [-0.2, 0) is 16.0 Å². The highest BCUT2D eigenvalue weighted by Gasteiger charge is 2.34. The van der Waals surface area contributed by atoms with Crippen molar-refractivity contribution >= 4 is 11.9 Å². The average Bonchev–Trinajstić information content (AvgIpc) is 2.79. The maximum Gasteiger partial charge on any atom is 0.311 e. The van der Waals surface area contributed by atoms with Gasteiger partial charge in [-0.2, -0.15) is 0 Å². The minimum Gasteiger partial charge on any atom is -0.481 e. The second-order valence-electron chi connectivity index (χ2n) is 6.32. The molecule has 22 heavy (non-hydrogen) atoms. The summed E-state index contributed by atoms with van der Waals surface area (Å²) in [6.45, 7) is 5.91. The third-order valence-corrected chi connectivity index (χ3v) is 4.33. The minimum atomic E-state index is -1.00. The summed E-state index contributed by atoms with van der Waals surface area (Å²) in [4.78, 5) is 25.4. The van der Waals surface area contributed by atoms with E-state index in [-0.39, 0.29) is 23.5 Å². The van der Waals surface area contributed by atoms with Gasteiger partial charge in [0, 0.05) is 25.8 Å². The number of rotatable bonds is 5. The highest BCUT2D eigenvalue weighted by Crippen LogP contribution is 2.32. The summed E-state index contributed by atoms with van der Waals surface area (Å²) >= 11 is 0. The number of aryl methyl sites for hydroxylation is 1. The molecule has 2 heterocycles. The van der Waals surface area contributed by atoms with Gasteiger partial charge in [-0.05, 0) is 25.2 Å². The minimum absolute atomic E-state index is 0.0981. The van der Waals surface area contributed by atoms with E-state index in [1.54, 1.807) is 18.9 Å². The summed E-state index contributed by atoms with van der Waals surface area (Å²) in [6, 6.07) is 0. The molecular formula is C16H23NO5. The predicted molar refractivity (Wildman–Crippen MR) is 79.9 cm³/mol. The molecule has 0 aromatic carbocycles. The Morgan fingerprint density at radius 1 is 1.41 bits per heavy atom. The van der Waals surface area contributed by atoms with Crippen LogP contribution in [-0.4, -0.2) is 48.7 Å². The van der Waals surface area contributed by atoms with Gasteiger partial charge in [0.15, 0.2) is 0 Å². The molecule has 6 heteroatoms. The summed E-state index contributed by atoms with van der Waals surface area (Å²) in [5, 5.41) is 8.92. The highest BCUT2D eigenvalue weighted by atomic mass is 16.5. The number of hydrogen-bond acceptors (Lipinski definition) is 4. The molecule has 1 fully saturated rings. The topological polar surface area (TPSA) is 80.0 Å².